The van der Waals surface area contributed by atoms with Crippen molar-refractivity contribution in [3.05, 3.63) is 70.3 Å². The second-order valence-electron chi connectivity index (χ2n) is 3.95. The SMILES string of the molecule is C/C(=N\Nc1ccccc1[N+](=O)[O-])c1ccccc1. The molecule has 0 aliphatic carbocycles. The smallest absolute Gasteiger partial charge is 0.271 e. The minimum Gasteiger partial charge on any atom is -0.271 e. The van der Waals surface area contributed by atoms with Crippen molar-refractivity contribution >= 4 is 17.1 Å². The van der Waals surface area contributed by atoms with Crippen molar-refractivity contribution in [3.8, 4) is 0 Å². The molecule has 2 aromatic carbocycles. The molecule has 2 rings (SSSR count). The van der Waals surface area contributed by atoms with E-state index in [1.165, 1.54) is 6.07 Å². The molecule has 0 unspecified atom stereocenters. The molecule has 0 aliphatic rings. The summed E-state index contributed by atoms with van der Waals surface area (Å²) >= 11 is 0. The molecule has 5 heteroatoms. The quantitative estimate of drug-likeness (QED) is 0.517. The van der Waals surface area contributed by atoms with Crippen LogP contribution < -0.4 is 5.43 Å². The Morgan fingerprint density at radius 1 is 1.11 bits per heavy atom. The maximum atomic E-state index is 10.9. The first kappa shape index (κ1) is 12.8. The van der Waals surface area contributed by atoms with Crippen LogP contribution in [0.5, 0.6) is 0 Å². The van der Waals surface area contributed by atoms with Crippen LogP contribution in [-0.4, -0.2) is 10.6 Å². The molecule has 0 radical (unpaired) electrons. The van der Waals surface area contributed by atoms with Crippen LogP contribution in [0.4, 0.5) is 11.4 Å². The van der Waals surface area contributed by atoms with Crippen molar-refractivity contribution in [1.82, 2.24) is 0 Å². The van der Waals surface area contributed by atoms with Crippen LogP contribution >= 0.6 is 0 Å². The summed E-state index contributed by atoms with van der Waals surface area (Å²) in [4.78, 5) is 10.4. The topological polar surface area (TPSA) is 67.5 Å². The van der Waals surface area contributed by atoms with Crippen molar-refractivity contribution in [1.29, 1.82) is 0 Å². The van der Waals surface area contributed by atoms with Gasteiger partial charge in [-0.15, -0.1) is 0 Å². The second kappa shape index (κ2) is 5.77. The number of rotatable bonds is 4. The molecule has 0 spiro atoms. The van der Waals surface area contributed by atoms with E-state index in [-0.39, 0.29) is 5.69 Å². The molecular formula is C14H13N3O2. The molecule has 0 saturated carbocycles. The number of anilines is 1. The van der Waals surface area contributed by atoms with E-state index in [4.69, 9.17) is 0 Å². The molecule has 1 N–H and O–H groups in total. The molecule has 19 heavy (non-hydrogen) atoms. The standard InChI is InChI=1S/C14H13N3O2/c1-11(12-7-3-2-4-8-12)15-16-13-9-5-6-10-14(13)17(18)19/h2-10,16H,1H3/b15-11+. The Balaban J connectivity index is 2.21. The van der Waals surface area contributed by atoms with Gasteiger partial charge in [0.25, 0.3) is 5.69 Å². The zero-order chi connectivity index (χ0) is 13.7. The molecule has 0 bridgehead atoms. The van der Waals surface area contributed by atoms with E-state index in [1.807, 2.05) is 37.3 Å². The highest BCUT2D eigenvalue weighted by molar-refractivity contribution is 5.99. The van der Waals surface area contributed by atoms with Crippen molar-refractivity contribution in [2.75, 3.05) is 5.43 Å². The zero-order valence-corrected chi connectivity index (χ0v) is 10.4. The van der Waals surface area contributed by atoms with Crippen LogP contribution in [0.2, 0.25) is 0 Å². The lowest BCUT2D eigenvalue weighted by Crippen LogP contribution is -2.01. The molecule has 0 atom stereocenters. The van der Waals surface area contributed by atoms with Crippen LogP contribution in [0, 0.1) is 10.1 Å². The fourth-order valence-electron chi connectivity index (χ4n) is 1.62. The summed E-state index contributed by atoms with van der Waals surface area (Å²) in [6, 6.07) is 16.0. The van der Waals surface area contributed by atoms with Crippen LogP contribution in [-0.2, 0) is 0 Å². The molecular weight excluding hydrogens is 242 g/mol. The second-order valence-corrected chi connectivity index (χ2v) is 3.95. The van der Waals surface area contributed by atoms with Gasteiger partial charge >= 0.3 is 0 Å². The highest BCUT2D eigenvalue weighted by Gasteiger charge is 2.11. The summed E-state index contributed by atoms with van der Waals surface area (Å²) in [7, 11) is 0. The minimum atomic E-state index is -0.435. The number of hydrogen-bond donors (Lipinski definition) is 1. The van der Waals surface area contributed by atoms with Gasteiger partial charge in [-0.05, 0) is 18.6 Å². The van der Waals surface area contributed by atoms with Gasteiger partial charge in [0.15, 0.2) is 0 Å². The van der Waals surface area contributed by atoms with E-state index in [0.29, 0.717) is 5.69 Å². The van der Waals surface area contributed by atoms with Crippen LogP contribution in [0.15, 0.2) is 59.7 Å². The van der Waals surface area contributed by atoms with E-state index in [9.17, 15) is 10.1 Å². The molecule has 96 valence electrons. The average Bonchev–Trinajstić information content (AvgIpc) is 2.46. The predicted molar refractivity (Wildman–Crippen MR) is 75.4 cm³/mol. The molecule has 0 heterocycles. The van der Waals surface area contributed by atoms with E-state index in [0.717, 1.165) is 11.3 Å². The fraction of sp³-hybridized carbons (Fsp3) is 0.0714. The number of nitrogens with one attached hydrogen (secondary N) is 1. The van der Waals surface area contributed by atoms with Crippen molar-refractivity contribution in [2.45, 2.75) is 6.92 Å². The van der Waals surface area contributed by atoms with Gasteiger partial charge in [0.2, 0.25) is 0 Å². The first-order valence-electron chi connectivity index (χ1n) is 5.77. The lowest BCUT2D eigenvalue weighted by Gasteiger charge is -2.04. The molecule has 0 aliphatic heterocycles. The van der Waals surface area contributed by atoms with Crippen LogP contribution in [0.1, 0.15) is 12.5 Å². The summed E-state index contributed by atoms with van der Waals surface area (Å²) in [5, 5.41) is 15.0. The monoisotopic (exact) mass is 255 g/mol. The first-order chi connectivity index (χ1) is 9.18. The third-order valence-corrected chi connectivity index (χ3v) is 2.64. The summed E-state index contributed by atoms with van der Waals surface area (Å²) in [5.74, 6) is 0. The highest BCUT2D eigenvalue weighted by Crippen LogP contribution is 2.23. The molecule has 2 aromatic rings. The molecule has 0 amide bonds. The molecule has 0 saturated heterocycles. The Bertz CT molecular complexity index is 609. The number of nitrogens with zero attached hydrogens (tertiary/aromatic N) is 2. The first-order valence-corrected chi connectivity index (χ1v) is 5.77. The summed E-state index contributed by atoms with van der Waals surface area (Å²) in [6.07, 6.45) is 0. The molecule has 0 fully saturated rings. The largest absolute Gasteiger partial charge is 0.294 e. The van der Waals surface area contributed by atoms with E-state index < -0.39 is 4.92 Å². The Labute approximate surface area is 110 Å². The predicted octanol–water partition coefficient (Wildman–Crippen LogP) is 3.43. The van der Waals surface area contributed by atoms with Crippen molar-refractivity contribution in [2.24, 2.45) is 5.10 Å². The minimum absolute atomic E-state index is 0.00658. The average molecular weight is 255 g/mol. The number of hydrogen-bond acceptors (Lipinski definition) is 4. The van der Waals surface area contributed by atoms with Gasteiger partial charge < -0.3 is 0 Å². The van der Waals surface area contributed by atoms with Gasteiger partial charge in [-0.1, -0.05) is 42.5 Å². The summed E-state index contributed by atoms with van der Waals surface area (Å²) in [6.45, 7) is 1.84. The Morgan fingerprint density at radius 3 is 2.42 bits per heavy atom. The summed E-state index contributed by atoms with van der Waals surface area (Å²) < 4.78 is 0. The fourth-order valence-corrected chi connectivity index (χ4v) is 1.62. The van der Waals surface area contributed by atoms with Gasteiger partial charge in [0, 0.05) is 6.07 Å². The van der Waals surface area contributed by atoms with Gasteiger partial charge in [-0.25, -0.2) is 0 Å². The van der Waals surface area contributed by atoms with Crippen molar-refractivity contribution < 1.29 is 4.92 Å². The third kappa shape index (κ3) is 3.16. The van der Waals surface area contributed by atoms with Gasteiger partial charge in [0.05, 0.1) is 10.6 Å². The Morgan fingerprint density at radius 2 is 1.74 bits per heavy atom. The van der Waals surface area contributed by atoms with Crippen LogP contribution in [0.3, 0.4) is 0 Å². The maximum Gasteiger partial charge on any atom is 0.294 e. The van der Waals surface area contributed by atoms with Gasteiger partial charge in [0.1, 0.15) is 5.69 Å². The summed E-state index contributed by atoms with van der Waals surface area (Å²) in [5.41, 5.74) is 4.85. The third-order valence-electron chi connectivity index (χ3n) is 2.64. The van der Waals surface area contributed by atoms with Crippen LogP contribution in [0.25, 0.3) is 0 Å². The zero-order valence-electron chi connectivity index (χ0n) is 10.4. The van der Waals surface area contributed by atoms with E-state index in [1.54, 1.807) is 18.2 Å². The van der Waals surface area contributed by atoms with Gasteiger partial charge in [-0.2, -0.15) is 5.10 Å². The number of hydrazone groups is 1. The lowest BCUT2D eigenvalue weighted by atomic mass is 10.1. The normalized spacial score (nSPS) is 11.1. The number of benzene rings is 2. The Kier molecular flexibility index (Phi) is 3.87. The maximum absolute atomic E-state index is 10.9. The highest BCUT2D eigenvalue weighted by atomic mass is 16.6. The van der Waals surface area contributed by atoms with Crippen molar-refractivity contribution in [3.63, 3.8) is 0 Å². The molecule has 0 aromatic heterocycles. The Hall–Kier alpha value is -2.69. The number of nitro groups is 1. The van der Waals surface area contributed by atoms with E-state index in [2.05, 4.69) is 10.5 Å². The number of para-hydroxylation sites is 2. The lowest BCUT2D eigenvalue weighted by molar-refractivity contribution is -0.384. The number of nitro benzene ring substituents is 1. The van der Waals surface area contributed by atoms with E-state index >= 15 is 0 Å². The van der Waals surface area contributed by atoms with Gasteiger partial charge in [-0.3, -0.25) is 15.5 Å². The molecule has 5 nitrogen and oxygen atoms in total.